The van der Waals surface area contributed by atoms with E-state index in [-0.39, 0.29) is 11.7 Å². The molecule has 5 heteroatoms. The first-order chi connectivity index (χ1) is 11.5. The maximum atomic E-state index is 13.7. The largest absolute Gasteiger partial charge is 0.497 e. The second kappa shape index (κ2) is 6.61. The summed E-state index contributed by atoms with van der Waals surface area (Å²) in [6.45, 7) is 0. The van der Waals surface area contributed by atoms with Crippen molar-refractivity contribution in [2.24, 2.45) is 0 Å². The Balaban J connectivity index is 2.22. The van der Waals surface area contributed by atoms with Crippen LogP contribution in [0.5, 0.6) is 5.75 Å². The third-order valence-electron chi connectivity index (χ3n) is 4.70. The van der Waals surface area contributed by atoms with E-state index >= 15 is 0 Å². The number of aryl methyl sites for hydroxylation is 2. The van der Waals surface area contributed by atoms with Gasteiger partial charge < -0.3 is 15.2 Å². The van der Waals surface area contributed by atoms with Crippen LogP contribution in [-0.4, -0.2) is 31.3 Å². The number of carboxylic acid groups (broad SMARTS) is 1. The van der Waals surface area contributed by atoms with Crippen LogP contribution >= 0.6 is 0 Å². The Labute approximate surface area is 140 Å². The number of nitrogens with one attached hydrogen (secondary N) is 1. The maximum absolute atomic E-state index is 13.7. The van der Waals surface area contributed by atoms with E-state index in [1.165, 1.54) is 12.1 Å². The lowest BCUT2D eigenvalue weighted by atomic mass is 9.82. The van der Waals surface area contributed by atoms with Gasteiger partial charge in [0.05, 0.1) is 7.11 Å². The number of ether oxygens (including phenoxy) is 1. The highest BCUT2D eigenvalue weighted by Crippen LogP contribution is 2.38. The monoisotopic (exact) mass is 329 g/mol. The fourth-order valence-corrected chi connectivity index (χ4v) is 3.55. The normalized spacial score (nSPS) is 17.4. The molecule has 0 heterocycles. The highest BCUT2D eigenvalue weighted by atomic mass is 19.1. The molecule has 2 aromatic carbocycles. The van der Waals surface area contributed by atoms with Gasteiger partial charge in [0.1, 0.15) is 17.6 Å². The van der Waals surface area contributed by atoms with Crippen molar-refractivity contribution >= 4 is 5.97 Å². The molecule has 126 valence electrons. The summed E-state index contributed by atoms with van der Waals surface area (Å²) in [6.07, 6.45) is 1.38. The van der Waals surface area contributed by atoms with Gasteiger partial charge >= 0.3 is 5.97 Å². The van der Waals surface area contributed by atoms with Crippen LogP contribution in [0.4, 0.5) is 4.39 Å². The van der Waals surface area contributed by atoms with Crippen LogP contribution in [0.3, 0.4) is 0 Å². The zero-order chi connectivity index (χ0) is 17.3. The molecule has 0 aliphatic heterocycles. The summed E-state index contributed by atoms with van der Waals surface area (Å²) < 4.78 is 19.0. The van der Waals surface area contributed by atoms with Crippen LogP contribution in [-0.2, 0) is 17.6 Å². The first-order valence-corrected chi connectivity index (χ1v) is 7.90. The van der Waals surface area contributed by atoms with E-state index in [2.05, 4.69) is 5.32 Å². The first-order valence-electron chi connectivity index (χ1n) is 7.90. The highest BCUT2D eigenvalue weighted by molar-refractivity contribution is 5.76. The fourth-order valence-electron chi connectivity index (χ4n) is 3.55. The minimum Gasteiger partial charge on any atom is -0.497 e. The van der Waals surface area contributed by atoms with Crippen molar-refractivity contribution in [2.75, 3.05) is 14.2 Å². The van der Waals surface area contributed by atoms with Crippen molar-refractivity contribution < 1.29 is 19.0 Å². The number of hydrogen-bond acceptors (Lipinski definition) is 3. The Bertz CT molecular complexity index is 775. The van der Waals surface area contributed by atoms with Gasteiger partial charge in [-0.2, -0.15) is 0 Å². The number of fused-ring (bicyclic) bond motifs is 2. The van der Waals surface area contributed by atoms with Gasteiger partial charge in [-0.25, -0.2) is 4.39 Å². The number of benzene rings is 2. The molecule has 0 bridgehead atoms. The van der Waals surface area contributed by atoms with E-state index in [0.717, 1.165) is 34.4 Å². The number of halogens is 1. The standard InChI is InChI=1S/C19H20FNO3/c1-21-18(19(22)23)17-15-7-5-13(20)9-11(15)3-4-12-10-14(24-2)6-8-16(12)17/h5-10,17-18,21H,3-4H2,1-2H3,(H,22,23). The van der Waals surface area contributed by atoms with Gasteiger partial charge in [0.25, 0.3) is 0 Å². The van der Waals surface area contributed by atoms with E-state index in [0.29, 0.717) is 6.42 Å². The lowest BCUT2D eigenvalue weighted by molar-refractivity contribution is -0.139. The van der Waals surface area contributed by atoms with E-state index in [4.69, 9.17) is 4.74 Å². The maximum Gasteiger partial charge on any atom is 0.321 e. The van der Waals surface area contributed by atoms with Crippen LogP contribution < -0.4 is 10.1 Å². The number of carboxylic acids is 1. The zero-order valence-electron chi connectivity index (χ0n) is 13.7. The smallest absolute Gasteiger partial charge is 0.321 e. The number of hydrogen-bond donors (Lipinski definition) is 2. The third-order valence-corrected chi connectivity index (χ3v) is 4.70. The second-order valence-corrected chi connectivity index (χ2v) is 5.99. The predicted molar refractivity (Wildman–Crippen MR) is 89.1 cm³/mol. The Hall–Kier alpha value is -2.40. The molecule has 0 saturated carbocycles. The molecule has 1 aliphatic carbocycles. The number of aliphatic carboxylic acids is 1. The van der Waals surface area contributed by atoms with E-state index in [1.807, 2.05) is 18.2 Å². The summed E-state index contributed by atoms with van der Waals surface area (Å²) in [6, 6.07) is 9.54. The van der Waals surface area contributed by atoms with Gasteiger partial charge in [-0.3, -0.25) is 4.79 Å². The molecule has 0 aromatic heterocycles. The van der Waals surface area contributed by atoms with Gasteiger partial charge in [-0.15, -0.1) is 0 Å². The average Bonchev–Trinajstić information content (AvgIpc) is 2.72. The number of carbonyl (C=O) groups is 1. The molecule has 2 N–H and O–H groups in total. The van der Waals surface area contributed by atoms with E-state index < -0.39 is 12.0 Å². The van der Waals surface area contributed by atoms with Crippen molar-refractivity contribution in [1.29, 1.82) is 0 Å². The SMILES string of the molecule is CNC(C(=O)O)C1c2ccc(F)cc2CCc2cc(OC)ccc21. The highest BCUT2D eigenvalue weighted by Gasteiger charge is 2.34. The number of methoxy groups -OCH3 is 1. The second-order valence-electron chi connectivity index (χ2n) is 5.99. The Morgan fingerprint density at radius 1 is 1.21 bits per heavy atom. The summed E-state index contributed by atoms with van der Waals surface area (Å²) in [5, 5.41) is 12.6. The molecule has 2 aromatic rings. The topological polar surface area (TPSA) is 58.6 Å². The Morgan fingerprint density at radius 3 is 2.42 bits per heavy atom. The molecular weight excluding hydrogens is 309 g/mol. The van der Waals surface area contributed by atoms with Gasteiger partial charge in [0.15, 0.2) is 0 Å². The molecule has 0 spiro atoms. The number of likely N-dealkylation sites (N-methyl/N-ethyl adjacent to an activating group) is 1. The molecular formula is C19H20FNO3. The lowest BCUT2D eigenvalue weighted by Gasteiger charge is -2.26. The molecule has 2 atom stereocenters. The van der Waals surface area contributed by atoms with Crippen molar-refractivity contribution in [3.63, 3.8) is 0 Å². The molecule has 24 heavy (non-hydrogen) atoms. The average molecular weight is 329 g/mol. The van der Waals surface area contributed by atoms with Crippen molar-refractivity contribution in [1.82, 2.24) is 5.32 Å². The van der Waals surface area contributed by atoms with E-state index in [1.54, 1.807) is 20.2 Å². The molecule has 0 amide bonds. The third kappa shape index (κ3) is 2.87. The van der Waals surface area contributed by atoms with Crippen LogP contribution in [0.25, 0.3) is 0 Å². The van der Waals surface area contributed by atoms with Crippen molar-refractivity contribution in [3.8, 4) is 5.75 Å². The summed E-state index contributed by atoms with van der Waals surface area (Å²) in [5.74, 6) is -0.874. The minimum absolute atomic E-state index is 0.299. The van der Waals surface area contributed by atoms with Gasteiger partial charge in [0.2, 0.25) is 0 Å². The van der Waals surface area contributed by atoms with Crippen molar-refractivity contribution in [3.05, 3.63) is 64.5 Å². The van der Waals surface area contributed by atoms with Crippen LogP contribution in [0, 0.1) is 5.82 Å². The summed E-state index contributed by atoms with van der Waals surface area (Å²) in [7, 11) is 3.24. The molecule has 0 radical (unpaired) electrons. The number of rotatable bonds is 4. The zero-order valence-corrected chi connectivity index (χ0v) is 13.7. The predicted octanol–water partition coefficient (Wildman–Crippen LogP) is 2.74. The molecule has 2 unspecified atom stereocenters. The molecule has 3 rings (SSSR count). The lowest BCUT2D eigenvalue weighted by Crippen LogP contribution is -2.40. The van der Waals surface area contributed by atoms with Gasteiger partial charge in [-0.05, 0) is 66.4 Å². The molecule has 4 nitrogen and oxygen atoms in total. The fraction of sp³-hybridized carbons (Fsp3) is 0.316. The van der Waals surface area contributed by atoms with Crippen LogP contribution in [0.2, 0.25) is 0 Å². The molecule has 1 aliphatic rings. The summed E-state index contributed by atoms with van der Waals surface area (Å²) >= 11 is 0. The van der Waals surface area contributed by atoms with Gasteiger partial charge in [0, 0.05) is 5.92 Å². The molecule has 0 fully saturated rings. The first kappa shape index (κ1) is 16.5. The Morgan fingerprint density at radius 2 is 1.83 bits per heavy atom. The molecule has 0 saturated heterocycles. The summed E-state index contributed by atoms with van der Waals surface area (Å²) in [5.41, 5.74) is 3.71. The Kier molecular flexibility index (Phi) is 4.53. The van der Waals surface area contributed by atoms with Crippen molar-refractivity contribution in [2.45, 2.75) is 24.8 Å². The van der Waals surface area contributed by atoms with Crippen LogP contribution in [0.1, 0.15) is 28.2 Å². The summed E-state index contributed by atoms with van der Waals surface area (Å²) in [4.78, 5) is 11.8. The quantitative estimate of drug-likeness (QED) is 0.905. The van der Waals surface area contributed by atoms with Crippen LogP contribution in [0.15, 0.2) is 36.4 Å². The van der Waals surface area contributed by atoms with Gasteiger partial charge in [-0.1, -0.05) is 12.1 Å². The minimum atomic E-state index is -0.929. The van der Waals surface area contributed by atoms with E-state index in [9.17, 15) is 14.3 Å².